The number of allylic oxidation sites excluding steroid dienone is 2. The number of rotatable bonds is 6. The SMILES string of the molecule is CNCC(=O)N1CCC(c2ccc(NC(=O)c3ncc[nH]3)c(C3=CCCCC3)c2)CC1. The van der Waals surface area contributed by atoms with E-state index in [1.54, 1.807) is 19.4 Å². The minimum Gasteiger partial charge on any atom is -0.342 e. The lowest BCUT2D eigenvalue weighted by atomic mass is 9.85. The maximum absolute atomic E-state index is 12.6. The van der Waals surface area contributed by atoms with Gasteiger partial charge < -0.3 is 20.5 Å². The number of benzene rings is 1. The predicted molar refractivity (Wildman–Crippen MR) is 122 cm³/mol. The van der Waals surface area contributed by atoms with E-state index in [4.69, 9.17) is 0 Å². The van der Waals surface area contributed by atoms with Gasteiger partial charge >= 0.3 is 0 Å². The molecule has 1 aliphatic carbocycles. The van der Waals surface area contributed by atoms with Crippen LogP contribution in [0.25, 0.3) is 5.57 Å². The van der Waals surface area contributed by atoms with Gasteiger partial charge in [-0.2, -0.15) is 0 Å². The number of aromatic amines is 1. The molecule has 1 aromatic heterocycles. The van der Waals surface area contributed by atoms with Crippen molar-refractivity contribution in [3.63, 3.8) is 0 Å². The number of nitrogens with one attached hydrogen (secondary N) is 3. The number of hydrogen-bond donors (Lipinski definition) is 3. The van der Waals surface area contributed by atoms with Crippen LogP contribution in [0.15, 0.2) is 36.7 Å². The summed E-state index contributed by atoms with van der Waals surface area (Å²) < 4.78 is 0. The van der Waals surface area contributed by atoms with Crippen LogP contribution in [0.5, 0.6) is 0 Å². The number of H-pyrrole nitrogens is 1. The lowest BCUT2D eigenvalue weighted by Gasteiger charge is -2.32. The second-order valence-electron chi connectivity index (χ2n) is 8.36. The van der Waals surface area contributed by atoms with E-state index in [1.165, 1.54) is 24.0 Å². The molecule has 0 bridgehead atoms. The van der Waals surface area contributed by atoms with Crippen LogP contribution in [0.1, 0.15) is 66.2 Å². The number of nitrogens with zero attached hydrogens (tertiary/aromatic N) is 2. The Bertz CT molecular complexity index is 943. The Morgan fingerprint density at radius 3 is 2.74 bits per heavy atom. The van der Waals surface area contributed by atoms with Crippen molar-refractivity contribution in [3.05, 3.63) is 53.6 Å². The first-order valence-corrected chi connectivity index (χ1v) is 11.2. The minimum absolute atomic E-state index is 0.171. The van der Waals surface area contributed by atoms with Crippen molar-refractivity contribution in [2.45, 2.75) is 44.4 Å². The van der Waals surface area contributed by atoms with Crippen molar-refractivity contribution < 1.29 is 9.59 Å². The van der Waals surface area contributed by atoms with Crippen LogP contribution in [0.3, 0.4) is 0 Å². The average molecular weight is 422 g/mol. The number of likely N-dealkylation sites (N-methyl/N-ethyl adjacent to an activating group) is 1. The first kappa shape index (κ1) is 21.3. The Morgan fingerprint density at radius 1 is 1.23 bits per heavy atom. The maximum Gasteiger partial charge on any atom is 0.291 e. The van der Waals surface area contributed by atoms with Crippen LogP contribution >= 0.6 is 0 Å². The molecule has 1 fully saturated rings. The van der Waals surface area contributed by atoms with Gasteiger partial charge in [0.05, 0.1) is 6.54 Å². The normalized spacial score (nSPS) is 17.3. The summed E-state index contributed by atoms with van der Waals surface area (Å²) >= 11 is 0. The molecule has 31 heavy (non-hydrogen) atoms. The first-order chi connectivity index (χ1) is 15.2. The molecule has 0 spiro atoms. The number of piperidine rings is 1. The van der Waals surface area contributed by atoms with E-state index in [2.05, 4.69) is 38.8 Å². The Morgan fingerprint density at radius 2 is 2.06 bits per heavy atom. The standard InChI is InChI=1S/C24H31N5O2/c1-25-16-22(30)29-13-9-17(10-14-29)19-7-8-21(28-24(31)23-26-11-12-27-23)20(15-19)18-5-3-2-4-6-18/h5,7-8,11-12,15,17,25H,2-4,6,9-10,13-14,16H2,1H3,(H,26,27)(H,28,31). The van der Waals surface area contributed by atoms with Crippen LogP contribution in [0.2, 0.25) is 0 Å². The summed E-state index contributed by atoms with van der Waals surface area (Å²) in [6.07, 6.45) is 12.0. The lowest BCUT2D eigenvalue weighted by Crippen LogP contribution is -2.41. The summed E-state index contributed by atoms with van der Waals surface area (Å²) in [7, 11) is 1.80. The number of imidazole rings is 1. The molecule has 1 aromatic carbocycles. The highest BCUT2D eigenvalue weighted by Crippen LogP contribution is 2.36. The predicted octanol–water partition coefficient (Wildman–Crippen LogP) is 3.54. The molecule has 1 saturated heterocycles. The number of aromatic nitrogens is 2. The third-order valence-electron chi connectivity index (χ3n) is 6.29. The number of carbonyl (C=O) groups is 2. The van der Waals surface area contributed by atoms with Gasteiger partial charge in [0.1, 0.15) is 0 Å². The number of likely N-dealkylation sites (tertiary alicyclic amines) is 1. The fourth-order valence-corrected chi connectivity index (χ4v) is 4.57. The number of hydrogen-bond acceptors (Lipinski definition) is 4. The number of carbonyl (C=O) groups excluding carboxylic acids is 2. The zero-order valence-electron chi connectivity index (χ0n) is 18.1. The summed E-state index contributed by atoms with van der Waals surface area (Å²) in [6, 6.07) is 6.41. The van der Waals surface area contributed by atoms with Gasteiger partial charge in [0.2, 0.25) is 5.91 Å². The third-order valence-corrected chi connectivity index (χ3v) is 6.29. The monoisotopic (exact) mass is 421 g/mol. The zero-order chi connectivity index (χ0) is 21.6. The fourth-order valence-electron chi connectivity index (χ4n) is 4.57. The van der Waals surface area contributed by atoms with E-state index in [0.29, 0.717) is 18.3 Å². The topological polar surface area (TPSA) is 90.1 Å². The zero-order valence-corrected chi connectivity index (χ0v) is 18.1. The summed E-state index contributed by atoms with van der Waals surface area (Å²) in [4.78, 5) is 33.6. The first-order valence-electron chi connectivity index (χ1n) is 11.2. The molecular formula is C24H31N5O2. The third kappa shape index (κ3) is 5.05. The van der Waals surface area contributed by atoms with Gasteiger partial charge in [-0.05, 0) is 74.8 Å². The molecule has 0 atom stereocenters. The largest absolute Gasteiger partial charge is 0.342 e. The maximum atomic E-state index is 12.6. The molecule has 3 N–H and O–H groups in total. The Balaban J connectivity index is 1.54. The van der Waals surface area contributed by atoms with E-state index < -0.39 is 0 Å². The molecule has 164 valence electrons. The Labute approximate surface area is 183 Å². The second kappa shape index (κ2) is 9.92. The molecule has 0 unspecified atom stereocenters. The van der Waals surface area contributed by atoms with Gasteiger partial charge in [0.25, 0.3) is 5.91 Å². The van der Waals surface area contributed by atoms with Gasteiger partial charge in [0.15, 0.2) is 5.82 Å². The van der Waals surface area contributed by atoms with Crippen LogP contribution in [-0.4, -0.2) is 53.4 Å². The highest BCUT2D eigenvalue weighted by atomic mass is 16.2. The summed E-state index contributed by atoms with van der Waals surface area (Å²) in [5, 5.41) is 5.99. The molecule has 2 aromatic rings. The summed E-state index contributed by atoms with van der Waals surface area (Å²) in [6.45, 7) is 1.98. The van der Waals surface area contributed by atoms with Gasteiger partial charge in [0, 0.05) is 36.7 Å². The molecule has 2 aliphatic rings. The number of amides is 2. The van der Waals surface area contributed by atoms with Crippen molar-refractivity contribution in [1.29, 1.82) is 0 Å². The van der Waals surface area contributed by atoms with Crippen LogP contribution in [0, 0.1) is 0 Å². The second-order valence-corrected chi connectivity index (χ2v) is 8.36. The summed E-state index contributed by atoms with van der Waals surface area (Å²) in [5.74, 6) is 0.680. The van der Waals surface area contributed by atoms with Crippen molar-refractivity contribution in [2.75, 3.05) is 32.0 Å². The fraction of sp³-hybridized carbons (Fsp3) is 0.458. The molecule has 4 rings (SSSR count). The smallest absolute Gasteiger partial charge is 0.291 e. The van der Waals surface area contributed by atoms with Crippen LogP contribution < -0.4 is 10.6 Å². The molecule has 2 amide bonds. The van der Waals surface area contributed by atoms with E-state index in [1.807, 2.05) is 11.0 Å². The molecule has 0 radical (unpaired) electrons. The van der Waals surface area contributed by atoms with E-state index in [0.717, 1.165) is 50.0 Å². The quantitative estimate of drug-likeness (QED) is 0.665. The van der Waals surface area contributed by atoms with Gasteiger partial charge in [-0.15, -0.1) is 0 Å². The molecule has 7 nitrogen and oxygen atoms in total. The highest BCUT2D eigenvalue weighted by Gasteiger charge is 2.25. The Kier molecular flexibility index (Phi) is 6.82. The van der Waals surface area contributed by atoms with Crippen LogP contribution in [-0.2, 0) is 4.79 Å². The van der Waals surface area contributed by atoms with E-state index >= 15 is 0 Å². The van der Waals surface area contributed by atoms with Crippen LogP contribution in [0.4, 0.5) is 5.69 Å². The van der Waals surface area contributed by atoms with E-state index in [-0.39, 0.29) is 11.8 Å². The molecule has 2 heterocycles. The molecular weight excluding hydrogens is 390 g/mol. The highest BCUT2D eigenvalue weighted by molar-refractivity contribution is 6.03. The van der Waals surface area contributed by atoms with Crippen molar-refractivity contribution in [1.82, 2.24) is 20.2 Å². The van der Waals surface area contributed by atoms with Gasteiger partial charge in [-0.1, -0.05) is 12.1 Å². The van der Waals surface area contributed by atoms with Gasteiger partial charge in [-0.3, -0.25) is 9.59 Å². The van der Waals surface area contributed by atoms with Crippen molar-refractivity contribution >= 4 is 23.1 Å². The van der Waals surface area contributed by atoms with E-state index in [9.17, 15) is 9.59 Å². The van der Waals surface area contributed by atoms with Gasteiger partial charge in [-0.25, -0.2) is 4.98 Å². The van der Waals surface area contributed by atoms with Crippen molar-refractivity contribution in [2.24, 2.45) is 0 Å². The van der Waals surface area contributed by atoms with Crippen molar-refractivity contribution in [3.8, 4) is 0 Å². The molecule has 0 saturated carbocycles. The Hall–Kier alpha value is -2.93. The minimum atomic E-state index is -0.230. The average Bonchev–Trinajstić information content (AvgIpc) is 3.35. The molecule has 7 heteroatoms. The summed E-state index contributed by atoms with van der Waals surface area (Å²) in [5.41, 5.74) is 4.55. The molecule has 1 aliphatic heterocycles. The number of anilines is 1. The lowest BCUT2D eigenvalue weighted by molar-refractivity contribution is -0.131.